The SMILES string of the molecule is C/C(=N\NC(N)=O)c1ccc(-c2ccc(Br)cc2)cc1. The lowest BCUT2D eigenvalue weighted by Gasteiger charge is -2.05. The van der Waals surface area contributed by atoms with Crippen LogP contribution in [0.2, 0.25) is 0 Å². The number of amides is 2. The molecule has 0 aliphatic carbocycles. The minimum atomic E-state index is -0.671. The van der Waals surface area contributed by atoms with Gasteiger partial charge in [-0.05, 0) is 35.7 Å². The number of carbonyl (C=O) groups excluding carboxylic acids is 1. The number of urea groups is 1. The zero-order valence-corrected chi connectivity index (χ0v) is 12.5. The van der Waals surface area contributed by atoms with Crippen molar-refractivity contribution in [2.24, 2.45) is 10.8 Å². The third kappa shape index (κ3) is 3.68. The topological polar surface area (TPSA) is 67.5 Å². The summed E-state index contributed by atoms with van der Waals surface area (Å²) in [6, 6.07) is 15.4. The molecule has 0 aromatic heterocycles. The molecule has 0 aliphatic rings. The molecule has 0 unspecified atom stereocenters. The van der Waals surface area contributed by atoms with Crippen LogP contribution in [0.3, 0.4) is 0 Å². The van der Waals surface area contributed by atoms with Crippen LogP contribution in [0.4, 0.5) is 4.79 Å². The highest BCUT2D eigenvalue weighted by Crippen LogP contribution is 2.22. The van der Waals surface area contributed by atoms with Gasteiger partial charge in [0.2, 0.25) is 0 Å². The van der Waals surface area contributed by atoms with Crippen LogP contribution in [0.5, 0.6) is 0 Å². The van der Waals surface area contributed by atoms with E-state index in [1.807, 2.05) is 43.3 Å². The largest absolute Gasteiger partial charge is 0.350 e. The average molecular weight is 332 g/mol. The van der Waals surface area contributed by atoms with E-state index in [-0.39, 0.29) is 0 Å². The highest BCUT2D eigenvalue weighted by molar-refractivity contribution is 9.10. The lowest BCUT2D eigenvalue weighted by atomic mass is 10.0. The van der Waals surface area contributed by atoms with E-state index in [0.29, 0.717) is 5.71 Å². The van der Waals surface area contributed by atoms with E-state index in [2.05, 4.69) is 38.6 Å². The van der Waals surface area contributed by atoms with E-state index in [0.717, 1.165) is 21.2 Å². The molecule has 2 amide bonds. The third-order valence-corrected chi connectivity index (χ3v) is 3.34. The summed E-state index contributed by atoms with van der Waals surface area (Å²) in [5.74, 6) is 0. The first-order chi connectivity index (χ1) is 9.56. The Morgan fingerprint density at radius 3 is 2.05 bits per heavy atom. The van der Waals surface area contributed by atoms with Gasteiger partial charge < -0.3 is 5.73 Å². The lowest BCUT2D eigenvalue weighted by molar-refractivity contribution is 0.249. The summed E-state index contributed by atoms with van der Waals surface area (Å²) in [4.78, 5) is 10.6. The fourth-order valence-corrected chi connectivity index (χ4v) is 2.01. The Morgan fingerprint density at radius 1 is 1.05 bits per heavy atom. The predicted octanol–water partition coefficient (Wildman–Crippen LogP) is 3.51. The van der Waals surface area contributed by atoms with Crippen LogP contribution in [0, 0.1) is 0 Å². The Bertz CT molecular complexity index is 633. The molecule has 0 bridgehead atoms. The molecule has 0 saturated heterocycles. The van der Waals surface area contributed by atoms with Gasteiger partial charge in [-0.3, -0.25) is 0 Å². The Balaban J connectivity index is 2.19. The van der Waals surface area contributed by atoms with Gasteiger partial charge in [-0.1, -0.05) is 52.3 Å². The second-order valence-electron chi connectivity index (χ2n) is 4.26. The Hall–Kier alpha value is -2.14. The van der Waals surface area contributed by atoms with E-state index in [4.69, 9.17) is 5.73 Å². The number of benzene rings is 2. The van der Waals surface area contributed by atoms with Crippen molar-refractivity contribution in [1.29, 1.82) is 0 Å². The molecule has 0 saturated carbocycles. The van der Waals surface area contributed by atoms with Gasteiger partial charge in [-0.25, -0.2) is 10.2 Å². The monoisotopic (exact) mass is 331 g/mol. The van der Waals surface area contributed by atoms with E-state index in [1.54, 1.807) is 0 Å². The number of hydrogen-bond donors (Lipinski definition) is 2. The van der Waals surface area contributed by atoms with Crippen LogP contribution in [0.25, 0.3) is 11.1 Å². The summed E-state index contributed by atoms with van der Waals surface area (Å²) in [6.07, 6.45) is 0. The van der Waals surface area contributed by atoms with Gasteiger partial charge in [0, 0.05) is 4.47 Å². The number of carbonyl (C=O) groups is 1. The zero-order chi connectivity index (χ0) is 14.5. The molecular formula is C15H14BrN3O. The molecule has 0 fully saturated rings. The molecule has 0 radical (unpaired) electrons. The lowest BCUT2D eigenvalue weighted by Crippen LogP contribution is -2.25. The van der Waals surface area contributed by atoms with Crippen LogP contribution >= 0.6 is 15.9 Å². The van der Waals surface area contributed by atoms with Crippen molar-refractivity contribution < 1.29 is 4.79 Å². The fourth-order valence-electron chi connectivity index (χ4n) is 1.75. The maximum Gasteiger partial charge on any atom is 0.332 e. The first-order valence-electron chi connectivity index (χ1n) is 6.02. The Morgan fingerprint density at radius 2 is 1.55 bits per heavy atom. The van der Waals surface area contributed by atoms with Crippen molar-refractivity contribution in [1.82, 2.24) is 5.43 Å². The van der Waals surface area contributed by atoms with Crippen molar-refractivity contribution in [3.8, 4) is 11.1 Å². The van der Waals surface area contributed by atoms with E-state index < -0.39 is 6.03 Å². The molecule has 5 heteroatoms. The van der Waals surface area contributed by atoms with Crippen molar-refractivity contribution in [2.45, 2.75) is 6.92 Å². The molecular weight excluding hydrogens is 318 g/mol. The maximum absolute atomic E-state index is 10.6. The van der Waals surface area contributed by atoms with Crippen LogP contribution in [-0.4, -0.2) is 11.7 Å². The quantitative estimate of drug-likeness (QED) is 0.655. The number of halogens is 1. The fraction of sp³-hybridized carbons (Fsp3) is 0.0667. The molecule has 3 N–H and O–H groups in total. The molecule has 2 aromatic rings. The first kappa shape index (κ1) is 14.3. The first-order valence-corrected chi connectivity index (χ1v) is 6.81. The van der Waals surface area contributed by atoms with Crippen LogP contribution in [0.15, 0.2) is 58.1 Å². The number of nitrogens with one attached hydrogen (secondary N) is 1. The zero-order valence-electron chi connectivity index (χ0n) is 10.9. The summed E-state index contributed by atoms with van der Waals surface area (Å²) in [7, 11) is 0. The van der Waals surface area contributed by atoms with Crippen molar-refractivity contribution in [2.75, 3.05) is 0 Å². The summed E-state index contributed by atoms with van der Waals surface area (Å²) in [5, 5.41) is 3.89. The number of rotatable bonds is 3. The Kier molecular flexibility index (Phi) is 4.53. The molecule has 0 spiro atoms. The van der Waals surface area contributed by atoms with Gasteiger partial charge in [0.25, 0.3) is 0 Å². The molecule has 4 nitrogen and oxygen atoms in total. The summed E-state index contributed by atoms with van der Waals surface area (Å²) < 4.78 is 1.05. The van der Waals surface area contributed by atoms with Crippen LogP contribution < -0.4 is 11.2 Å². The predicted molar refractivity (Wildman–Crippen MR) is 84.5 cm³/mol. The summed E-state index contributed by atoms with van der Waals surface area (Å²) >= 11 is 3.42. The second-order valence-corrected chi connectivity index (χ2v) is 5.17. The average Bonchev–Trinajstić information content (AvgIpc) is 2.46. The molecule has 102 valence electrons. The van der Waals surface area contributed by atoms with Crippen molar-refractivity contribution >= 4 is 27.7 Å². The van der Waals surface area contributed by atoms with Crippen LogP contribution in [-0.2, 0) is 0 Å². The van der Waals surface area contributed by atoms with E-state index in [9.17, 15) is 4.79 Å². The molecule has 0 atom stereocenters. The second kappa shape index (κ2) is 6.34. The maximum atomic E-state index is 10.6. The number of hydrazone groups is 1. The van der Waals surface area contributed by atoms with Gasteiger partial charge >= 0.3 is 6.03 Å². The van der Waals surface area contributed by atoms with E-state index in [1.165, 1.54) is 0 Å². The standard InChI is InChI=1S/C15H14BrN3O/c1-10(18-19-15(17)20)11-2-4-12(5-3-11)13-6-8-14(16)9-7-13/h2-9H,1H3,(H3,17,19,20)/b18-10+. The smallest absolute Gasteiger partial charge is 0.332 e. The minimum absolute atomic E-state index is 0.671. The van der Waals surface area contributed by atoms with Gasteiger partial charge in [0.15, 0.2) is 0 Å². The van der Waals surface area contributed by atoms with Crippen molar-refractivity contribution in [3.63, 3.8) is 0 Å². The summed E-state index contributed by atoms with van der Waals surface area (Å²) in [5.41, 5.74) is 11.1. The van der Waals surface area contributed by atoms with E-state index >= 15 is 0 Å². The number of hydrogen-bond acceptors (Lipinski definition) is 2. The molecule has 0 heterocycles. The van der Waals surface area contributed by atoms with Crippen LogP contribution in [0.1, 0.15) is 12.5 Å². The highest BCUT2D eigenvalue weighted by atomic mass is 79.9. The number of nitrogens with two attached hydrogens (primary N) is 1. The van der Waals surface area contributed by atoms with Gasteiger partial charge in [-0.2, -0.15) is 5.10 Å². The minimum Gasteiger partial charge on any atom is -0.350 e. The Labute approximate surface area is 125 Å². The highest BCUT2D eigenvalue weighted by Gasteiger charge is 2.01. The molecule has 0 aliphatic heterocycles. The number of primary amides is 1. The summed E-state index contributed by atoms with van der Waals surface area (Å²) in [6.45, 7) is 1.81. The molecule has 2 aromatic carbocycles. The number of nitrogens with zero attached hydrogens (tertiary/aromatic N) is 1. The molecule has 2 rings (SSSR count). The normalized spacial score (nSPS) is 11.2. The van der Waals surface area contributed by atoms with Gasteiger partial charge in [0.05, 0.1) is 5.71 Å². The molecule has 20 heavy (non-hydrogen) atoms. The van der Waals surface area contributed by atoms with Crippen molar-refractivity contribution in [3.05, 3.63) is 58.6 Å². The third-order valence-electron chi connectivity index (χ3n) is 2.81. The van der Waals surface area contributed by atoms with Gasteiger partial charge in [-0.15, -0.1) is 0 Å². The van der Waals surface area contributed by atoms with Gasteiger partial charge in [0.1, 0.15) is 0 Å².